The summed E-state index contributed by atoms with van der Waals surface area (Å²) in [4.78, 5) is 23.0. The molecule has 1 aromatic carbocycles. The van der Waals surface area contributed by atoms with Crippen molar-refractivity contribution in [3.8, 4) is 0 Å². The van der Waals surface area contributed by atoms with Crippen LogP contribution in [-0.2, 0) is 4.79 Å². The number of piperazine rings is 1. The number of carbonyl (C=O) groups is 1. The number of amides is 1. The predicted octanol–water partition coefficient (Wildman–Crippen LogP) is 2.89. The van der Waals surface area contributed by atoms with Gasteiger partial charge in [0.2, 0.25) is 5.91 Å². The summed E-state index contributed by atoms with van der Waals surface area (Å²) in [5.74, 6) is -0.605. The highest BCUT2D eigenvalue weighted by atomic mass is 19.1. The van der Waals surface area contributed by atoms with Gasteiger partial charge in [-0.3, -0.25) is 9.78 Å². The van der Waals surface area contributed by atoms with Crippen molar-refractivity contribution in [2.45, 2.75) is 19.3 Å². The molecule has 150 valence electrons. The minimum atomic E-state index is -0.635. The second-order valence-corrected chi connectivity index (χ2v) is 7.93. The summed E-state index contributed by atoms with van der Waals surface area (Å²) < 4.78 is 27.8. The Labute approximate surface area is 163 Å². The molecule has 0 N–H and O–H groups in total. The van der Waals surface area contributed by atoms with Crippen LogP contribution in [-0.4, -0.2) is 67.0 Å². The first-order chi connectivity index (χ1) is 13.5. The molecule has 0 atom stereocenters. The van der Waals surface area contributed by atoms with E-state index in [1.807, 2.05) is 11.0 Å². The summed E-state index contributed by atoms with van der Waals surface area (Å²) in [5, 5.41) is 0.506. The Morgan fingerprint density at radius 3 is 2.54 bits per heavy atom. The molecule has 0 spiro atoms. The van der Waals surface area contributed by atoms with Crippen molar-refractivity contribution in [3.05, 3.63) is 36.0 Å². The molecule has 0 unspecified atom stereocenters. The zero-order chi connectivity index (χ0) is 19.7. The van der Waals surface area contributed by atoms with Gasteiger partial charge >= 0.3 is 0 Å². The maximum atomic E-state index is 14.0. The normalized spacial score (nSPS) is 19.4. The number of likely N-dealkylation sites (N-methyl/N-ethyl adjacent to an activating group) is 1. The minimum absolute atomic E-state index is 0.200. The van der Waals surface area contributed by atoms with Crippen LogP contribution in [0.1, 0.15) is 19.3 Å². The van der Waals surface area contributed by atoms with Crippen molar-refractivity contribution in [1.82, 2.24) is 14.8 Å². The van der Waals surface area contributed by atoms with E-state index in [1.165, 1.54) is 6.07 Å². The van der Waals surface area contributed by atoms with Crippen molar-refractivity contribution in [2.24, 2.45) is 5.92 Å². The van der Waals surface area contributed by atoms with E-state index in [9.17, 15) is 13.6 Å². The zero-order valence-electron chi connectivity index (χ0n) is 16.2. The number of nitrogens with zero attached hydrogens (tertiary/aromatic N) is 4. The van der Waals surface area contributed by atoms with Gasteiger partial charge in [0, 0.05) is 69.0 Å². The Hall–Kier alpha value is -2.28. The molecule has 1 amide bonds. The lowest BCUT2D eigenvalue weighted by molar-refractivity contribution is -0.133. The van der Waals surface area contributed by atoms with Gasteiger partial charge < -0.3 is 14.7 Å². The third kappa shape index (κ3) is 3.94. The average molecular weight is 388 g/mol. The Morgan fingerprint density at radius 2 is 1.82 bits per heavy atom. The Morgan fingerprint density at radius 1 is 1.11 bits per heavy atom. The number of hydrogen-bond acceptors (Lipinski definition) is 4. The lowest BCUT2D eigenvalue weighted by atomic mass is 9.92. The van der Waals surface area contributed by atoms with Crippen LogP contribution in [0, 0.1) is 17.6 Å². The summed E-state index contributed by atoms with van der Waals surface area (Å²) >= 11 is 0. The molecular formula is C21H26F2N4O. The van der Waals surface area contributed by atoms with Crippen molar-refractivity contribution in [2.75, 3.05) is 51.2 Å². The number of pyridine rings is 1. The summed E-state index contributed by atoms with van der Waals surface area (Å²) in [6.07, 6.45) is 3.97. The highest BCUT2D eigenvalue weighted by Gasteiger charge is 2.26. The number of carbonyl (C=O) groups excluding carboxylic acids is 1. The van der Waals surface area contributed by atoms with Crippen LogP contribution in [0.5, 0.6) is 0 Å². The highest BCUT2D eigenvalue weighted by molar-refractivity contribution is 5.92. The molecule has 7 heteroatoms. The van der Waals surface area contributed by atoms with Gasteiger partial charge in [-0.1, -0.05) is 0 Å². The number of benzene rings is 1. The number of halogens is 2. The molecular weight excluding hydrogens is 362 g/mol. The van der Waals surface area contributed by atoms with Crippen LogP contribution in [0.2, 0.25) is 0 Å². The Bertz CT molecular complexity index is 859. The minimum Gasteiger partial charge on any atom is -0.371 e. The van der Waals surface area contributed by atoms with Crippen LogP contribution in [0.3, 0.4) is 0 Å². The standard InChI is InChI=1S/C21H26F2N4O/c1-25-8-10-27(11-9-25)20(28)12-15-3-6-26(7-4-15)19-2-5-24-21-17(19)13-16(22)14-18(21)23/h2,5,13-15H,3-4,6-12H2,1H3. The second-order valence-electron chi connectivity index (χ2n) is 7.93. The largest absolute Gasteiger partial charge is 0.371 e. The van der Waals surface area contributed by atoms with Crippen molar-refractivity contribution in [1.29, 1.82) is 0 Å². The van der Waals surface area contributed by atoms with E-state index >= 15 is 0 Å². The maximum Gasteiger partial charge on any atom is 0.222 e. The first kappa shape index (κ1) is 19.1. The van der Waals surface area contributed by atoms with Crippen molar-refractivity contribution >= 4 is 22.5 Å². The summed E-state index contributed by atoms with van der Waals surface area (Å²) in [6, 6.07) is 4.04. The fraction of sp³-hybridized carbons (Fsp3) is 0.524. The SMILES string of the molecule is CN1CCN(C(=O)CC2CCN(c3ccnc4c(F)cc(F)cc34)CC2)CC1. The van der Waals surface area contributed by atoms with Gasteiger partial charge in [-0.05, 0) is 37.9 Å². The van der Waals surface area contributed by atoms with Gasteiger partial charge in [0.1, 0.15) is 11.3 Å². The van der Waals surface area contributed by atoms with Crippen LogP contribution in [0.25, 0.3) is 10.9 Å². The van der Waals surface area contributed by atoms with Crippen LogP contribution >= 0.6 is 0 Å². The van der Waals surface area contributed by atoms with E-state index in [4.69, 9.17) is 0 Å². The van der Waals surface area contributed by atoms with Crippen molar-refractivity contribution in [3.63, 3.8) is 0 Å². The molecule has 3 heterocycles. The van der Waals surface area contributed by atoms with E-state index in [1.54, 1.807) is 6.20 Å². The zero-order valence-corrected chi connectivity index (χ0v) is 16.2. The molecule has 2 fully saturated rings. The molecule has 2 aliphatic heterocycles. The molecule has 2 saturated heterocycles. The third-order valence-electron chi connectivity index (χ3n) is 6.01. The number of fused-ring (bicyclic) bond motifs is 1. The summed E-state index contributed by atoms with van der Waals surface area (Å²) in [5.41, 5.74) is 1.01. The van der Waals surface area contributed by atoms with Crippen LogP contribution < -0.4 is 4.90 Å². The Kier molecular flexibility index (Phi) is 5.44. The second kappa shape index (κ2) is 7.99. The fourth-order valence-corrected chi connectivity index (χ4v) is 4.25. The molecule has 5 nitrogen and oxygen atoms in total. The summed E-state index contributed by atoms with van der Waals surface area (Å²) in [6.45, 7) is 5.05. The van der Waals surface area contributed by atoms with E-state index < -0.39 is 11.6 Å². The van der Waals surface area contributed by atoms with Crippen molar-refractivity contribution < 1.29 is 13.6 Å². The third-order valence-corrected chi connectivity index (χ3v) is 6.01. The molecule has 2 aromatic rings. The molecule has 0 aliphatic carbocycles. The number of hydrogen-bond donors (Lipinski definition) is 0. The number of piperidine rings is 1. The number of anilines is 1. The number of rotatable bonds is 3. The van der Waals surface area contributed by atoms with E-state index in [0.29, 0.717) is 17.7 Å². The smallest absolute Gasteiger partial charge is 0.222 e. The molecule has 2 aliphatic rings. The molecule has 1 aromatic heterocycles. The highest BCUT2D eigenvalue weighted by Crippen LogP contribution is 2.32. The van der Waals surface area contributed by atoms with E-state index in [0.717, 1.165) is 63.9 Å². The monoisotopic (exact) mass is 388 g/mol. The van der Waals surface area contributed by atoms with Crippen LogP contribution in [0.15, 0.2) is 24.4 Å². The fourth-order valence-electron chi connectivity index (χ4n) is 4.25. The molecule has 0 radical (unpaired) electrons. The van der Waals surface area contributed by atoms with E-state index in [2.05, 4.69) is 21.8 Å². The number of aromatic nitrogens is 1. The lowest BCUT2D eigenvalue weighted by Crippen LogP contribution is -2.47. The van der Waals surface area contributed by atoms with Gasteiger partial charge in [-0.25, -0.2) is 8.78 Å². The summed E-state index contributed by atoms with van der Waals surface area (Å²) in [7, 11) is 2.08. The predicted molar refractivity (Wildman–Crippen MR) is 105 cm³/mol. The first-order valence-corrected chi connectivity index (χ1v) is 9.96. The van der Waals surface area contributed by atoms with Gasteiger partial charge in [0.25, 0.3) is 0 Å². The topological polar surface area (TPSA) is 39.7 Å². The molecule has 28 heavy (non-hydrogen) atoms. The molecule has 0 bridgehead atoms. The van der Waals surface area contributed by atoms with Gasteiger partial charge in [-0.2, -0.15) is 0 Å². The van der Waals surface area contributed by atoms with Crippen LogP contribution in [0.4, 0.5) is 14.5 Å². The van der Waals surface area contributed by atoms with E-state index in [-0.39, 0.29) is 11.4 Å². The maximum absolute atomic E-state index is 14.0. The van der Waals surface area contributed by atoms with Gasteiger partial charge in [0.15, 0.2) is 5.82 Å². The first-order valence-electron chi connectivity index (χ1n) is 9.96. The quantitative estimate of drug-likeness (QED) is 0.811. The average Bonchev–Trinajstić information content (AvgIpc) is 2.69. The van der Waals surface area contributed by atoms with Gasteiger partial charge in [0.05, 0.1) is 0 Å². The molecule has 0 saturated carbocycles. The Balaban J connectivity index is 1.39. The van der Waals surface area contributed by atoms with Gasteiger partial charge in [-0.15, -0.1) is 0 Å². The molecule has 4 rings (SSSR count). The lowest BCUT2D eigenvalue weighted by Gasteiger charge is -2.36.